The topological polar surface area (TPSA) is 77.8 Å². The molecule has 1 aromatic heterocycles. The lowest BCUT2D eigenvalue weighted by Crippen LogP contribution is -2.18. The van der Waals surface area contributed by atoms with E-state index in [1.54, 1.807) is 30.3 Å². The highest BCUT2D eigenvalue weighted by Crippen LogP contribution is 2.27. The first-order valence-corrected chi connectivity index (χ1v) is 8.59. The number of hydrogen-bond donors (Lipinski definition) is 1. The number of ether oxygens (including phenoxy) is 2. The highest BCUT2D eigenvalue weighted by atomic mass is 16.5. The molecule has 0 unspecified atom stereocenters. The zero-order chi connectivity index (χ0) is 19.7. The smallest absolute Gasteiger partial charge is 0.360 e. The summed E-state index contributed by atoms with van der Waals surface area (Å²) < 4.78 is 15.8. The van der Waals surface area contributed by atoms with Crippen molar-refractivity contribution in [2.45, 2.75) is 0 Å². The van der Waals surface area contributed by atoms with Crippen molar-refractivity contribution in [1.29, 1.82) is 0 Å². The lowest BCUT2D eigenvalue weighted by molar-refractivity contribution is 0.102. The van der Waals surface area contributed by atoms with Crippen LogP contribution in [0.4, 0.5) is 5.69 Å². The van der Waals surface area contributed by atoms with E-state index in [2.05, 4.69) is 5.32 Å². The van der Waals surface area contributed by atoms with Gasteiger partial charge in [0.1, 0.15) is 22.8 Å². The summed E-state index contributed by atoms with van der Waals surface area (Å²) in [6, 6.07) is 17.9. The summed E-state index contributed by atoms with van der Waals surface area (Å²) in [5.41, 5.74) is 0.136. The first-order chi connectivity index (χ1) is 13.6. The molecule has 0 aliphatic rings. The SMILES string of the molecule is COc1ccc(OC)c(C(=O)Nc2cc3c(ccc4ccccc43)oc2=O)c1. The maximum Gasteiger partial charge on any atom is 0.360 e. The number of methoxy groups -OCH3 is 2. The fourth-order valence-electron chi connectivity index (χ4n) is 3.14. The molecule has 1 heterocycles. The number of carbonyl (C=O) groups is 1. The lowest BCUT2D eigenvalue weighted by Gasteiger charge is -2.11. The number of fused-ring (bicyclic) bond motifs is 3. The van der Waals surface area contributed by atoms with Crippen LogP contribution in [0, 0.1) is 0 Å². The molecule has 0 saturated carbocycles. The monoisotopic (exact) mass is 375 g/mol. The van der Waals surface area contributed by atoms with Gasteiger partial charge in [-0.1, -0.05) is 30.3 Å². The third-order valence-corrected chi connectivity index (χ3v) is 4.54. The van der Waals surface area contributed by atoms with E-state index in [0.717, 1.165) is 16.2 Å². The minimum Gasteiger partial charge on any atom is -0.497 e. The standard InChI is InChI=1S/C22H17NO5/c1-26-14-8-10-19(27-2)17(11-14)21(24)23-18-12-16-15-6-4-3-5-13(15)7-9-20(16)28-22(18)25/h3-12H,1-2H3,(H,23,24). The summed E-state index contributed by atoms with van der Waals surface area (Å²) in [4.78, 5) is 25.2. The molecule has 28 heavy (non-hydrogen) atoms. The van der Waals surface area contributed by atoms with Crippen molar-refractivity contribution in [3.63, 3.8) is 0 Å². The fraction of sp³-hybridized carbons (Fsp3) is 0.0909. The fourth-order valence-corrected chi connectivity index (χ4v) is 3.14. The number of anilines is 1. The molecule has 0 saturated heterocycles. The highest BCUT2D eigenvalue weighted by Gasteiger charge is 2.17. The summed E-state index contributed by atoms with van der Waals surface area (Å²) in [6.07, 6.45) is 0. The van der Waals surface area contributed by atoms with Gasteiger partial charge in [-0.25, -0.2) is 4.79 Å². The Morgan fingerprint density at radius 2 is 1.75 bits per heavy atom. The van der Waals surface area contributed by atoms with Crippen LogP contribution in [0.1, 0.15) is 10.4 Å². The number of hydrogen-bond acceptors (Lipinski definition) is 5. The first kappa shape index (κ1) is 17.6. The second kappa shape index (κ2) is 7.08. The van der Waals surface area contributed by atoms with Crippen LogP contribution in [-0.4, -0.2) is 20.1 Å². The maximum atomic E-state index is 12.8. The van der Waals surface area contributed by atoms with Crippen molar-refractivity contribution in [3.05, 3.63) is 76.6 Å². The molecule has 0 aliphatic carbocycles. The third kappa shape index (κ3) is 3.05. The molecular weight excluding hydrogens is 358 g/mol. The van der Waals surface area contributed by atoms with Crippen LogP contribution in [0.25, 0.3) is 21.7 Å². The van der Waals surface area contributed by atoms with Gasteiger partial charge in [-0.3, -0.25) is 4.79 Å². The Balaban J connectivity index is 1.79. The molecule has 1 amide bonds. The molecule has 6 heteroatoms. The number of rotatable bonds is 4. The molecule has 0 fully saturated rings. The molecular formula is C22H17NO5. The van der Waals surface area contributed by atoms with Crippen molar-refractivity contribution in [1.82, 2.24) is 0 Å². The van der Waals surface area contributed by atoms with E-state index < -0.39 is 11.5 Å². The van der Waals surface area contributed by atoms with Gasteiger partial charge in [0, 0.05) is 5.39 Å². The van der Waals surface area contributed by atoms with Gasteiger partial charge >= 0.3 is 5.63 Å². The van der Waals surface area contributed by atoms with Gasteiger partial charge in [-0.05, 0) is 41.1 Å². The van der Waals surface area contributed by atoms with E-state index in [1.165, 1.54) is 14.2 Å². The third-order valence-electron chi connectivity index (χ3n) is 4.54. The summed E-state index contributed by atoms with van der Waals surface area (Å²) in [7, 11) is 2.97. The molecule has 140 valence electrons. The Morgan fingerprint density at radius 3 is 2.54 bits per heavy atom. The van der Waals surface area contributed by atoms with E-state index in [9.17, 15) is 9.59 Å². The predicted octanol–water partition coefficient (Wildman–Crippen LogP) is 4.22. The average Bonchev–Trinajstić information content (AvgIpc) is 2.73. The maximum absolute atomic E-state index is 12.8. The largest absolute Gasteiger partial charge is 0.497 e. The van der Waals surface area contributed by atoms with E-state index in [1.807, 2.05) is 30.3 Å². The highest BCUT2D eigenvalue weighted by molar-refractivity contribution is 6.09. The van der Waals surface area contributed by atoms with Gasteiger partial charge in [0.2, 0.25) is 0 Å². The minimum absolute atomic E-state index is 0.0544. The van der Waals surface area contributed by atoms with Crippen molar-refractivity contribution >= 4 is 33.3 Å². The molecule has 1 N–H and O–H groups in total. The molecule has 4 rings (SSSR count). The van der Waals surface area contributed by atoms with E-state index in [-0.39, 0.29) is 11.3 Å². The van der Waals surface area contributed by atoms with Gasteiger partial charge in [0.15, 0.2) is 0 Å². The van der Waals surface area contributed by atoms with Gasteiger partial charge < -0.3 is 19.2 Å². The Hall–Kier alpha value is -3.80. The second-order valence-electron chi connectivity index (χ2n) is 6.17. The van der Waals surface area contributed by atoms with Crippen LogP contribution < -0.4 is 20.4 Å². The Bertz CT molecular complexity index is 1260. The molecule has 6 nitrogen and oxygen atoms in total. The Kier molecular flexibility index (Phi) is 4.45. The first-order valence-electron chi connectivity index (χ1n) is 8.59. The van der Waals surface area contributed by atoms with Crippen molar-refractivity contribution in [2.24, 2.45) is 0 Å². The summed E-state index contributed by atoms with van der Waals surface area (Å²) in [6.45, 7) is 0. The lowest BCUT2D eigenvalue weighted by atomic mass is 10.1. The zero-order valence-electron chi connectivity index (χ0n) is 15.3. The van der Waals surface area contributed by atoms with E-state index in [4.69, 9.17) is 13.9 Å². The molecule has 0 spiro atoms. The molecule has 0 aliphatic heterocycles. The number of benzene rings is 3. The number of nitrogens with one attached hydrogen (secondary N) is 1. The van der Waals surface area contributed by atoms with Crippen molar-refractivity contribution in [3.8, 4) is 11.5 Å². The van der Waals surface area contributed by atoms with Crippen LogP contribution in [0.3, 0.4) is 0 Å². The van der Waals surface area contributed by atoms with Crippen LogP contribution in [0.15, 0.2) is 69.9 Å². The minimum atomic E-state index is -0.627. The molecule has 0 bridgehead atoms. The van der Waals surface area contributed by atoms with Crippen LogP contribution in [-0.2, 0) is 0 Å². The Labute approximate surface area is 160 Å². The number of amides is 1. The zero-order valence-corrected chi connectivity index (χ0v) is 15.3. The second-order valence-corrected chi connectivity index (χ2v) is 6.17. The summed E-state index contributed by atoms with van der Waals surface area (Å²) >= 11 is 0. The van der Waals surface area contributed by atoms with Crippen molar-refractivity contribution in [2.75, 3.05) is 19.5 Å². The quantitative estimate of drug-likeness (QED) is 0.427. The molecule has 0 atom stereocenters. The predicted molar refractivity (Wildman–Crippen MR) is 107 cm³/mol. The van der Waals surface area contributed by atoms with Gasteiger partial charge in [0.05, 0.1) is 19.8 Å². The van der Waals surface area contributed by atoms with Gasteiger partial charge in [-0.2, -0.15) is 0 Å². The summed E-state index contributed by atoms with van der Waals surface area (Å²) in [5.74, 6) is 0.374. The van der Waals surface area contributed by atoms with Crippen LogP contribution in [0.5, 0.6) is 11.5 Å². The van der Waals surface area contributed by atoms with E-state index in [0.29, 0.717) is 17.1 Å². The van der Waals surface area contributed by atoms with Crippen LogP contribution >= 0.6 is 0 Å². The van der Waals surface area contributed by atoms with E-state index >= 15 is 0 Å². The molecule has 4 aromatic rings. The van der Waals surface area contributed by atoms with Gasteiger partial charge in [-0.15, -0.1) is 0 Å². The Morgan fingerprint density at radius 1 is 0.929 bits per heavy atom. The average molecular weight is 375 g/mol. The molecule has 0 radical (unpaired) electrons. The molecule has 3 aromatic carbocycles. The number of carbonyl (C=O) groups excluding carboxylic acids is 1. The summed E-state index contributed by atoms with van der Waals surface area (Å²) in [5, 5.41) is 5.31. The van der Waals surface area contributed by atoms with Crippen LogP contribution in [0.2, 0.25) is 0 Å². The normalized spacial score (nSPS) is 10.8. The van der Waals surface area contributed by atoms with Gasteiger partial charge in [0.25, 0.3) is 5.91 Å². The van der Waals surface area contributed by atoms with Crippen molar-refractivity contribution < 1.29 is 18.7 Å².